The van der Waals surface area contributed by atoms with E-state index in [1.54, 1.807) is 49.4 Å². The van der Waals surface area contributed by atoms with Crippen LogP contribution in [0.2, 0.25) is 5.02 Å². The van der Waals surface area contributed by atoms with Crippen LogP contribution in [0.15, 0.2) is 69.0 Å². The van der Waals surface area contributed by atoms with Gasteiger partial charge in [0.2, 0.25) is 5.96 Å². The van der Waals surface area contributed by atoms with Crippen LogP contribution in [0, 0.1) is 5.41 Å². The Morgan fingerprint density at radius 1 is 1.22 bits per heavy atom. The number of methoxy groups -OCH3 is 1. The number of ether oxygens (including phenoxy) is 4. The molecule has 3 aliphatic heterocycles. The predicted molar refractivity (Wildman–Crippen MR) is 181 cm³/mol. The molecule has 0 aliphatic carbocycles. The standard InChI is InChI=1S/C33H40ClF3N6O6/c1-22(49-21-44)28(46-5)17-43-13-6-14-47-27-12-7-23(15-26(27)34)16-39-30(42-31(38-4)48-20-33(35,36)37)41-25-10-8-24(9-11-25)29(45)40-18-32(2,3)19-43/h7-12,15,21H,4,6,13-14,16-20H2,1-3,5H3,(H,39,41)(H,40,45)/b28-22-,42-31?. The lowest BCUT2D eigenvalue weighted by molar-refractivity contribution is -0.156. The average Bonchev–Trinajstić information content (AvgIpc) is 3.05. The Balaban J connectivity index is 1.94. The highest BCUT2D eigenvalue weighted by Crippen LogP contribution is 2.27. The number of rotatable bonds is 6. The summed E-state index contributed by atoms with van der Waals surface area (Å²) in [7, 11) is 1.51. The Morgan fingerprint density at radius 3 is 2.59 bits per heavy atom. The number of fused-ring (bicyclic) bond motifs is 2. The number of nitrogens with zero attached hydrogens (tertiary/aromatic N) is 4. The molecular formula is C33H40ClF3N6O6. The smallest absolute Gasteiger partial charge is 0.422 e. The monoisotopic (exact) mass is 708 g/mol. The van der Waals surface area contributed by atoms with Gasteiger partial charge in [0, 0.05) is 30.9 Å². The molecule has 2 N–H and O–H groups in total. The quantitative estimate of drug-likeness (QED) is 0.166. The number of amides is 1. The lowest BCUT2D eigenvalue weighted by Crippen LogP contribution is -2.43. The molecule has 3 aliphatic rings. The molecule has 0 atom stereocenters. The number of hydrogen-bond acceptors (Lipinski definition) is 10. The maximum Gasteiger partial charge on any atom is 0.422 e. The van der Waals surface area contributed by atoms with Crippen LogP contribution in [0.3, 0.4) is 0 Å². The number of halogens is 4. The molecule has 0 saturated heterocycles. The summed E-state index contributed by atoms with van der Waals surface area (Å²) < 4.78 is 59.5. The summed E-state index contributed by atoms with van der Waals surface area (Å²) in [4.78, 5) is 38.0. The van der Waals surface area contributed by atoms with E-state index in [4.69, 9.17) is 25.8 Å². The van der Waals surface area contributed by atoms with E-state index in [-0.39, 0.29) is 18.4 Å². The van der Waals surface area contributed by atoms with Crippen molar-refractivity contribution in [2.45, 2.75) is 39.9 Å². The number of carbonyl (C=O) groups excluding carboxylic acids is 2. The Labute approximate surface area is 288 Å². The zero-order chi connectivity index (χ0) is 36.0. The van der Waals surface area contributed by atoms with Gasteiger partial charge in [-0.1, -0.05) is 31.5 Å². The van der Waals surface area contributed by atoms with Gasteiger partial charge in [-0.05, 0) is 67.4 Å². The summed E-state index contributed by atoms with van der Waals surface area (Å²) in [5.74, 6) is 0.864. The minimum atomic E-state index is -4.61. The molecule has 3 heterocycles. The van der Waals surface area contributed by atoms with Gasteiger partial charge in [0.1, 0.15) is 17.3 Å². The number of guanidine groups is 1. The third-order valence-corrected chi connectivity index (χ3v) is 7.29. The minimum absolute atomic E-state index is 0.0311. The zero-order valence-electron chi connectivity index (χ0n) is 27.7. The molecule has 266 valence electrons. The largest absolute Gasteiger partial charge is 0.496 e. The number of carbonyl (C=O) groups is 2. The number of benzene rings is 2. The van der Waals surface area contributed by atoms with E-state index >= 15 is 0 Å². The Kier molecular flexibility index (Phi) is 14.4. The van der Waals surface area contributed by atoms with Gasteiger partial charge in [-0.3, -0.25) is 14.5 Å². The maximum absolute atomic E-state index is 13.1. The molecule has 0 saturated carbocycles. The second-order valence-electron chi connectivity index (χ2n) is 11.7. The van der Waals surface area contributed by atoms with Crippen LogP contribution < -0.4 is 15.4 Å². The van der Waals surface area contributed by atoms with Crippen molar-refractivity contribution in [1.29, 1.82) is 0 Å². The van der Waals surface area contributed by atoms with Crippen LogP contribution in [0.5, 0.6) is 5.75 Å². The van der Waals surface area contributed by atoms with Crippen LogP contribution in [0.4, 0.5) is 18.9 Å². The summed E-state index contributed by atoms with van der Waals surface area (Å²) in [6.07, 6.45) is -4.01. The van der Waals surface area contributed by atoms with E-state index in [0.717, 1.165) is 0 Å². The molecule has 4 bridgehead atoms. The second kappa shape index (κ2) is 18.2. The molecule has 5 rings (SSSR count). The fraction of sp³-hybridized carbons (Fsp3) is 0.424. The number of amidine groups is 1. The van der Waals surface area contributed by atoms with Crippen LogP contribution >= 0.6 is 11.6 Å². The highest BCUT2D eigenvalue weighted by Gasteiger charge is 2.29. The fourth-order valence-electron chi connectivity index (χ4n) is 4.64. The van der Waals surface area contributed by atoms with E-state index in [1.807, 2.05) is 13.8 Å². The van der Waals surface area contributed by atoms with Crippen LogP contribution in [-0.4, -0.2) is 88.7 Å². The van der Waals surface area contributed by atoms with Gasteiger partial charge in [-0.25, -0.2) is 9.98 Å². The summed E-state index contributed by atoms with van der Waals surface area (Å²) >= 11 is 6.52. The third kappa shape index (κ3) is 13.4. The molecule has 0 aromatic heterocycles. The van der Waals surface area contributed by atoms with Gasteiger partial charge < -0.3 is 29.6 Å². The average molecular weight is 709 g/mol. The molecule has 0 radical (unpaired) electrons. The SMILES string of the molecule is C=NC(=NC1=NCc2ccc(c(Cl)c2)OCCCN(C/C(OC)=C(\C)OC=O)CC(C)(C)CNC(=O)c2ccc(cc2)N1)OCC(F)(F)F. The van der Waals surface area contributed by atoms with E-state index in [2.05, 4.69) is 42.0 Å². The lowest BCUT2D eigenvalue weighted by atomic mass is 9.92. The first-order valence-electron chi connectivity index (χ1n) is 15.1. The molecule has 1 amide bonds. The van der Waals surface area contributed by atoms with Gasteiger partial charge in [0.25, 0.3) is 12.4 Å². The Hall–Kier alpha value is -4.63. The summed E-state index contributed by atoms with van der Waals surface area (Å²) in [5.41, 5.74) is 1.07. The highest BCUT2D eigenvalue weighted by molar-refractivity contribution is 6.32. The first kappa shape index (κ1) is 38.8. The fourth-order valence-corrected chi connectivity index (χ4v) is 4.90. The predicted octanol–water partition coefficient (Wildman–Crippen LogP) is 5.84. The summed E-state index contributed by atoms with van der Waals surface area (Å²) in [5, 5.41) is 6.24. The number of nitrogens with one attached hydrogen (secondary N) is 2. The minimum Gasteiger partial charge on any atom is -0.496 e. The van der Waals surface area contributed by atoms with Gasteiger partial charge in [0.15, 0.2) is 6.61 Å². The zero-order valence-corrected chi connectivity index (χ0v) is 28.5. The van der Waals surface area contributed by atoms with Gasteiger partial charge in [0.05, 0.1) is 31.8 Å². The molecule has 0 unspecified atom stereocenters. The first-order chi connectivity index (χ1) is 23.2. The van der Waals surface area contributed by atoms with Crippen molar-refractivity contribution in [3.05, 3.63) is 70.1 Å². The van der Waals surface area contributed by atoms with Crippen LogP contribution in [-0.2, 0) is 25.5 Å². The molecule has 0 fully saturated rings. The highest BCUT2D eigenvalue weighted by atomic mass is 35.5. The Morgan fingerprint density at radius 2 is 1.96 bits per heavy atom. The van der Waals surface area contributed by atoms with Crippen molar-refractivity contribution < 1.29 is 41.7 Å². The van der Waals surface area contributed by atoms with Crippen molar-refractivity contribution in [2.24, 2.45) is 20.4 Å². The van der Waals surface area contributed by atoms with E-state index in [1.165, 1.54) is 7.11 Å². The third-order valence-electron chi connectivity index (χ3n) is 7.00. The molecule has 2 aromatic carbocycles. The van der Waals surface area contributed by atoms with Crippen LogP contribution in [0.25, 0.3) is 0 Å². The summed E-state index contributed by atoms with van der Waals surface area (Å²) in [6, 6.07) is 10.8. The van der Waals surface area contributed by atoms with Gasteiger partial charge >= 0.3 is 12.2 Å². The van der Waals surface area contributed by atoms with Gasteiger partial charge in [-0.2, -0.15) is 18.2 Å². The number of anilines is 1. The van der Waals surface area contributed by atoms with Crippen molar-refractivity contribution in [1.82, 2.24) is 10.2 Å². The molecule has 0 spiro atoms. The van der Waals surface area contributed by atoms with Crippen molar-refractivity contribution >= 4 is 48.4 Å². The molecular weight excluding hydrogens is 669 g/mol. The summed E-state index contributed by atoms with van der Waals surface area (Å²) in [6.45, 7) is 9.81. The van der Waals surface area contributed by atoms with E-state index in [0.29, 0.717) is 84.8 Å². The number of alkyl halides is 3. The van der Waals surface area contributed by atoms with Crippen LogP contribution in [0.1, 0.15) is 43.1 Å². The second-order valence-corrected chi connectivity index (χ2v) is 12.1. The van der Waals surface area contributed by atoms with Crippen molar-refractivity contribution in [3.63, 3.8) is 0 Å². The first-order valence-corrected chi connectivity index (χ1v) is 15.5. The van der Waals surface area contributed by atoms with Gasteiger partial charge in [-0.15, -0.1) is 0 Å². The van der Waals surface area contributed by atoms with E-state index in [9.17, 15) is 22.8 Å². The molecule has 49 heavy (non-hydrogen) atoms. The number of allylic oxidation sites excluding steroid dienone is 1. The molecule has 2 aromatic rings. The molecule has 12 nitrogen and oxygen atoms in total. The molecule has 16 heteroatoms. The van der Waals surface area contributed by atoms with Crippen molar-refractivity contribution in [2.75, 3.05) is 51.8 Å². The maximum atomic E-state index is 13.1. The number of hydrogen-bond donors (Lipinski definition) is 2. The number of aliphatic imine (C=N–C) groups is 3. The van der Waals surface area contributed by atoms with E-state index < -0.39 is 24.2 Å². The topological polar surface area (TPSA) is 135 Å². The lowest BCUT2D eigenvalue weighted by Gasteiger charge is -2.33. The Bertz CT molecular complexity index is 1550. The normalized spacial score (nSPS) is 17.2. The van der Waals surface area contributed by atoms with Crippen molar-refractivity contribution in [3.8, 4) is 5.75 Å².